The smallest absolute Gasteiger partial charge is 0.233 e. The first-order chi connectivity index (χ1) is 7.09. The number of rotatable bonds is 5. The molecule has 0 aromatic carbocycles. The molecule has 15 heavy (non-hydrogen) atoms. The van der Waals surface area contributed by atoms with Crippen molar-refractivity contribution < 1.29 is 8.42 Å². The van der Waals surface area contributed by atoms with Crippen LogP contribution in [-0.4, -0.2) is 24.4 Å². The van der Waals surface area contributed by atoms with Crippen LogP contribution in [0, 0.1) is 11.3 Å². The number of hydrogen-bond acceptors (Lipinski definition) is 4. The second-order valence-corrected chi connectivity index (χ2v) is 4.89. The minimum absolute atomic E-state index is 0.0490. The number of nitrogens with one attached hydrogen (secondary N) is 2. The number of sulfonamides is 1. The van der Waals surface area contributed by atoms with Crippen LogP contribution in [0.25, 0.3) is 0 Å². The standard InChI is InChI=1S/C8H12N4O2S/c1-2-3-4-15(13,14)12-8-7(5-9)6-10-11-8/h6H,2-4H2,1H3,(H2,10,11,12). The molecule has 7 heteroatoms. The Bertz CT molecular complexity index is 457. The molecule has 1 aromatic rings. The molecule has 0 unspecified atom stereocenters. The normalized spacial score (nSPS) is 10.9. The topological polar surface area (TPSA) is 98.6 Å². The number of unbranched alkanes of at least 4 members (excludes halogenated alkanes) is 1. The number of anilines is 1. The lowest BCUT2D eigenvalue weighted by Gasteiger charge is -2.04. The van der Waals surface area contributed by atoms with Crippen molar-refractivity contribution in [2.24, 2.45) is 0 Å². The van der Waals surface area contributed by atoms with Crippen molar-refractivity contribution in [2.45, 2.75) is 19.8 Å². The molecule has 0 atom stereocenters. The zero-order chi connectivity index (χ0) is 11.3. The van der Waals surface area contributed by atoms with E-state index < -0.39 is 10.0 Å². The summed E-state index contributed by atoms with van der Waals surface area (Å²) >= 11 is 0. The van der Waals surface area contributed by atoms with E-state index in [1.54, 1.807) is 0 Å². The van der Waals surface area contributed by atoms with Gasteiger partial charge in [0.1, 0.15) is 11.6 Å². The SMILES string of the molecule is CCCCS(=O)(=O)Nc1[nH]ncc1C#N. The second kappa shape index (κ2) is 4.79. The highest BCUT2D eigenvalue weighted by Crippen LogP contribution is 2.11. The number of aromatic nitrogens is 2. The Labute approximate surface area is 88.4 Å². The van der Waals surface area contributed by atoms with Gasteiger partial charge in [-0.3, -0.25) is 9.82 Å². The maximum atomic E-state index is 11.5. The van der Waals surface area contributed by atoms with Crippen molar-refractivity contribution in [3.63, 3.8) is 0 Å². The predicted octanol–water partition coefficient (Wildman–Crippen LogP) is 0.823. The maximum absolute atomic E-state index is 11.5. The maximum Gasteiger partial charge on any atom is 0.233 e. The van der Waals surface area contributed by atoms with Crippen LogP contribution in [0.2, 0.25) is 0 Å². The molecule has 1 aromatic heterocycles. The van der Waals surface area contributed by atoms with Gasteiger partial charge in [-0.25, -0.2) is 8.42 Å². The Morgan fingerprint density at radius 1 is 1.67 bits per heavy atom. The summed E-state index contributed by atoms with van der Waals surface area (Å²) in [6, 6.07) is 1.83. The predicted molar refractivity (Wildman–Crippen MR) is 55.6 cm³/mol. The molecule has 0 bridgehead atoms. The van der Waals surface area contributed by atoms with Gasteiger partial charge in [0.2, 0.25) is 10.0 Å². The molecule has 1 rings (SSSR count). The van der Waals surface area contributed by atoms with Gasteiger partial charge < -0.3 is 0 Å². The molecule has 0 radical (unpaired) electrons. The van der Waals surface area contributed by atoms with Gasteiger partial charge in [0.05, 0.1) is 11.9 Å². The van der Waals surface area contributed by atoms with E-state index in [1.807, 2.05) is 13.0 Å². The summed E-state index contributed by atoms with van der Waals surface area (Å²) in [5.41, 5.74) is 0.190. The average molecular weight is 228 g/mol. The van der Waals surface area contributed by atoms with E-state index >= 15 is 0 Å². The second-order valence-electron chi connectivity index (χ2n) is 3.04. The monoisotopic (exact) mass is 228 g/mol. The highest BCUT2D eigenvalue weighted by Gasteiger charge is 2.13. The molecule has 0 amide bonds. The third kappa shape index (κ3) is 3.25. The number of hydrogen-bond donors (Lipinski definition) is 2. The van der Waals surface area contributed by atoms with Gasteiger partial charge in [-0.15, -0.1) is 0 Å². The summed E-state index contributed by atoms with van der Waals surface area (Å²) in [4.78, 5) is 0. The highest BCUT2D eigenvalue weighted by molar-refractivity contribution is 7.92. The quantitative estimate of drug-likeness (QED) is 0.779. The lowest BCUT2D eigenvalue weighted by molar-refractivity contribution is 0.597. The molecule has 82 valence electrons. The molecule has 0 aliphatic rings. The van der Waals surface area contributed by atoms with Crippen LogP contribution in [0.4, 0.5) is 5.82 Å². The van der Waals surface area contributed by atoms with Crippen LogP contribution in [0.1, 0.15) is 25.3 Å². The van der Waals surface area contributed by atoms with Crippen LogP contribution in [0.5, 0.6) is 0 Å². The first kappa shape index (κ1) is 11.5. The number of nitrogens with zero attached hydrogens (tertiary/aromatic N) is 2. The molecule has 0 saturated heterocycles. The van der Waals surface area contributed by atoms with Crippen molar-refractivity contribution in [1.82, 2.24) is 10.2 Å². The molecule has 0 aliphatic heterocycles. The lowest BCUT2D eigenvalue weighted by atomic mass is 10.4. The zero-order valence-corrected chi connectivity index (χ0v) is 9.13. The van der Waals surface area contributed by atoms with E-state index in [-0.39, 0.29) is 17.1 Å². The Hall–Kier alpha value is -1.55. The highest BCUT2D eigenvalue weighted by atomic mass is 32.2. The van der Waals surface area contributed by atoms with E-state index in [0.717, 1.165) is 6.42 Å². The summed E-state index contributed by atoms with van der Waals surface area (Å²) in [7, 11) is -3.37. The van der Waals surface area contributed by atoms with Gasteiger partial charge in [0.15, 0.2) is 5.82 Å². The fourth-order valence-corrected chi connectivity index (χ4v) is 2.23. The fraction of sp³-hybridized carbons (Fsp3) is 0.500. The third-order valence-electron chi connectivity index (χ3n) is 1.78. The van der Waals surface area contributed by atoms with Crippen molar-refractivity contribution in [3.8, 4) is 6.07 Å². The van der Waals surface area contributed by atoms with Gasteiger partial charge in [-0.2, -0.15) is 10.4 Å². The van der Waals surface area contributed by atoms with Crippen molar-refractivity contribution >= 4 is 15.8 Å². The molecule has 1 heterocycles. The number of nitriles is 1. The molecule has 0 spiro atoms. The van der Waals surface area contributed by atoms with Crippen LogP contribution < -0.4 is 4.72 Å². The Balaban J connectivity index is 2.74. The summed E-state index contributed by atoms with van der Waals surface area (Å²) in [5, 5.41) is 14.6. The first-order valence-electron chi connectivity index (χ1n) is 4.53. The first-order valence-corrected chi connectivity index (χ1v) is 6.18. The summed E-state index contributed by atoms with van der Waals surface area (Å²) in [5.74, 6) is 0.182. The van der Waals surface area contributed by atoms with E-state index in [2.05, 4.69) is 14.9 Å². The molecule has 0 fully saturated rings. The third-order valence-corrected chi connectivity index (χ3v) is 3.13. The zero-order valence-electron chi connectivity index (χ0n) is 8.32. The summed E-state index contributed by atoms with van der Waals surface area (Å²) < 4.78 is 25.2. The van der Waals surface area contributed by atoms with Gasteiger partial charge in [0, 0.05) is 0 Å². The van der Waals surface area contributed by atoms with Crippen LogP contribution in [0.15, 0.2) is 6.20 Å². The van der Waals surface area contributed by atoms with Crippen molar-refractivity contribution in [2.75, 3.05) is 10.5 Å². The number of H-pyrrole nitrogens is 1. The molecule has 0 saturated carbocycles. The van der Waals surface area contributed by atoms with Gasteiger partial charge in [0.25, 0.3) is 0 Å². The molecule has 2 N–H and O–H groups in total. The Morgan fingerprint density at radius 2 is 2.40 bits per heavy atom. The largest absolute Gasteiger partial charge is 0.267 e. The van der Waals surface area contributed by atoms with Gasteiger partial charge in [-0.05, 0) is 6.42 Å². The fourth-order valence-electron chi connectivity index (χ4n) is 0.990. The number of aromatic amines is 1. The lowest BCUT2D eigenvalue weighted by Crippen LogP contribution is -2.17. The van der Waals surface area contributed by atoms with Crippen molar-refractivity contribution in [1.29, 1.82) is 5.26 Å². The molecular formula is C8H12N4O2S. The van der Waals surface area contributed by atoms with Crippen molar-refractivity contribution in [3.05, 3.63) is 11.8 Å². The van der Waals surface area contributed by atoms with E-state index in [1.165, 1.54) is 6.20 Å². The van der Waals surface area contributed by atoms with Crippen LogP contribution >= 0.6 is 0 Å². The molecule has 6 nitrogen and oxygen atoms in total. The van der Waals surface area contributed by atoms with Gasteiger partial charge >= 0.3 is 0 Å². The van der Waals surface area contributed by atoms with E-state index in [9.17, 15) is 8.42 Å². The van der Waals surface area contributed by atoms with Gasteiger partial charge in [-0.1, -0.05) is 13.3 Å². The summed E-state index contributed by atoms with van der Waals surface area (Å²) in [6.45, 7) is 1.91. The average Bonchev–Trinajstić information content (AvgIpc) is 2.61. The van der Waals surface area contributed by atoms with E-state index in [4.69, 9.17) is 5.26 Å². The Kier molecular flexibility index (Phi) is 3.68. The molecule has 0 aliphatic carbocycles. The minimum Gasteiger partial charge on any atom is -0.267 e. The molecular weight excluding hydrogens is 216 g/mol. The van der Waals surface area contributed by atoms with E-state index in [0.29, 0.717) is 6.42 Å². The Morgan fingerprint density at radius 3 is 3.00 bits per heavy atom. The minimum atomic E-state index is -3.37. The van der Waals surface area contributed by atoms with Crippen LogP contribution in [0.3, 0.4) is 0 Å². The summed E-state index contributed by atoms with van der Waals surface area (Å²) in [6.07, 6.45) is 2.66. The van der Waals surface area contributed by atoms with Crippen LogP contribution in [-0.2, 0) is 10.0 Å².